The van der Waals surface area contributed by atoms with Gasteiger partial charge in [0.25, 0.3) is 15.9 Å². The number of rotatable bonds is 5. The summed E-state index contributed by atoms with van der Waals surface area (Å²) >= 11 is 0. The Morgan fingerprint density at radius 1 is 1.08 bits per heavy atom. The van der Waals surface area contributed by atoms with E-state index in [1.807, 2.05) is 13.8 Å². The van der Waals surface area contributed by atoms with E-state index in [9.17, 15) is 17.6 Å². The first-order valence-corrected chi connectivity index (χ1v) is 8.87. The fourth-order valence-electron chi connectivity index (χ4n) is 2.03. The Labute approximate surface area is 141 Å². The Balaban J connectivity index is 2.18. The summed E-state index contributed by atoms with van der Waals surface area (Å²) in [7, 11) is -3.82. The molecule has 0 bridgehead atoms. The summed E-state index contributed by atoms with van der Waals surface area (Å²) in [5.41, 5.74) is 1.00. The lowest BCUT2D eigenvalue weighted by Crippen LogP contribution is -2.30. The molecule has 128 valence electrons. The Morgan fingerprint density at radius 3 is 2.25 bits per heavy atom. The molecule has 5 nitrogen and oxygen atoms in total. The predicted molar refractivity (Wildman–Crippen MR) is 91.0 cm³/mol. The van der Waals surface area contributed by atoms with Crippen LogP contribution in [0.4, 0.5) is 10.1 Å². The maximum atomic E-state index is 13.3. The summed E-state index contributed by atoms with van der Waals surface area (Å²) in [5.74, 6) is -0.692. The van der Waals surface area contributed by atoms with Gasteiger partial charge in [0.05, 0.1) is 4.90 Å². The van der Waals surface area contributed by atoms with Gasteiger partial charge < -0.3 is 5.32 Å². The van der Waals surface area contributed by atoms with Gasteiger partial charge in [0.15, 0.2) is 0 Å². The lowest BCUT2D eigenvalue weighted by Gasteiger charge is -2.11. The van der Waals surface area contributed by atoms with E-state index in [1.165, 1.54) is 43.3 Å². The van der Waals surface area contributed by atoms with Crippen LogP contribution >= 0.6 is 0 Å². The number of hydrogen-bond donors (Lipinski definition) is 2. The van der Waals surface area contributed by atoms with E-state index in [0.717, 1.165) is 6.07 Å². The van der Waals surface area contributed by atoms with Gasteiger partial charge in [-0.2, -0.15) is 0 Å². The molecule has 0 saturated heterocycles. The topological polar surface area (TPSA) is 75.3 Å². The number of amides is 1. The lowest BCUT2D eigenvalue weighted by molar-refractivity contribution is 0.0943. The van der Waals surface area contributed by atoms with Gasteiger partial charge in [-0.25, -0.2) is 12.8 Å². The van der Waals surface area contributed by atoms with E-state index >= 15 is 0 Å². The number of halogens is 1. The van der Waals surface area contributed by atoms with Crippen LogP contribution in [-0.2, 0) is 10.0 Å². The summed E-state index contributed by atoms with van der Waals surface area (Å²) in [6, 6.07) is 9.67. The first-order valence-electron chi connectivity index (χ1n) is 7.39. The molecule has 0 aliphatic carbocycles. The van der Waals surface area contributed by atoms with Crippen molar-refractivity contribution in [2.45, 2.75) is 31.7 Å². The monoisotopic (exact) mass is 350 g/mol. The second-order valence-electron chi connectivity index (χ2n) is 5.72. The van der Waals surface area contributed by atoms with E-state index in [0.29, 0.717) is 11.3 Å². The van der Waals surface area contributed by atoms with E-state index in [2.05, 4.69) is 10.0 Å². The van der Waals surface area contributed by atoms with Gasteiger partial charge in [-0.1, -0.05) is 0 Å². The van der Waals surface area contributed by atoms with Gasteiger partial charge in [0.1, 0.15) is 5.82 Å². The maximum absolute atomic E-state index is 13.3. The highest BCUT2D eigenvalue weighted by Gasteiger charge is 2.16. The zero-order valence-electron chi connectivity index (χ0n) is 13.6. The average molecular weight is 350 g/mol. The number of hydrogen-bond acceptors (Lipinski definition) is 3. The molecule has 2 rings (SSSR count). The van der Waals surface area contributed by atoms with Crippen LogP contribution in [0, 0.1) is 12.7 Å². The number of aryl methyl sites for hydroxylation is 1. The van der Waals surface area contributed by atoms with Gasteiger partial charge in [-0.15, -0.1) is 0 Å². The Bertz CT molecular complexity index is 847. The average Bonchev–Trinajstić information content (AvgIpc) is 2.49. The zero-order chi connectivity index (χ0) is 17.9. The normalized spacial score (nSPS) is 11.4. The zero-order valence-corrected chi connectivity index (χ0v) is 14.4. The molecule has 0 atom stereocenters. The molecular weight excluding hydrogens is 331 g/mol. The second-order valence-corrected chi connectivity index (χ2v) is 7.40. The summed E-state index contributed by atoms with van der Waals surface area (Å²) in [6.45, 7) is 5.20. The van der Waals surface area contributed by atoms with Gasteiger partial charge in [0, 0.05) is 17.3 Å². The number of benzene rings is 2. The Hall–Kier alpha value is -2.41. The lowest BCUT2D eigenvalue weighted by atomic mass is 10.2. The van der Waals surface area contributed by atoms with Crippen LogP contribution in [0.5, 0.6) is 0 Å². The smallest absolute Gasteiger partial charge is 0.261 e. The molecule has 7 heteroatoms. The first kappa shape index (κ1) is 17.9. The highest BCUT2D eigenvalue weighted by atomic mass is 32.2. The molecule has 0 unspecified atom stereocenters. The van der Waals surface area contributed by atoms with Gasteiger partial charge in [0.2, 0.25) is 0 Å². The number of anilines is 1. The van der Waals surface area contributed by atoms with Crippen LogP contribution in [0.1, 0.15) is 29.8 Å². The third kappa shape index (κ3) is 4.32. The molecule has 0 spiro atoms. The van der Waals surface area contributed by atoms with Crippen LogP contribution in [-0.4, -0.2) is 20.4 Å². The summed E-state index contributed by atoms with van der Waals surface area (Å²) in [5, 5.41) is 2.75. The first-order chi connectivity index (χ1) is 11.2. The molecule has 2 N–H and O–H groups in total. The van der Waals surface area contributed by atoms with Crippen molar-refractivity contribution in [1.29, 1.82) is 0 Å². The van der Waals surface area contributed by atoms with Crippen molar-refractivity contribution < 1.29 is 17.6 Å². The van der Waals surface area contributed by atoms with Crippen molar-refractivity contribution in [2.75, 3.05) is 4.72 Å². The molecule has 2 aromatic rings. The van der Waals surface area contributed by atoms with Crippen molar-refractivity contribution in [2.24, 2.45) is 0 Å². The van der Waals surface area contributed by atoms with Crippen LogP contribution < -0.4 is 10.0 Å². The van der Waals surface area contributed by atoms with Crippen molar-refractivity contribution in [3.63, 3.8) is 0 Å². The highest BCUT2D eigenvalue weighted by Crippen LogP contribution is 2.19. The number of sulfonamides is 1. The Morgan fingerprint density at radius 2 is 1.71 bits per heavy atom. The van der Waals surface area contributed by atoms with E-state index in [1.54, 1.807) is 0 Å². The van der Waals surface area contributed by atoms with Gasteiger partial charge in [-0.3, -0.25) is 9.52 Å². The summed E-state index contributed by atoms with van der Waals surface area (Å²) < 4.78 is 40.3. The molecular formula is C17H19FN2O3S. The van der Waals surface area contributed by atoms with E-state index in [4.69, 9.17) is 0 Å². The van der Waals surface area contributed by atoms with Crippen molar-refractivity contribution >= 4 is 21.6 Å². The molecule has 2 aromatic carbocycles. The van der Waals surface area contributed by atoms with Crippen LogP contribution in [0.15, 0.2) is 47.4 Å². The quantitative estimate of drug-likeness (QED) is 0.870. The molecule has 0 heterocycles. The summed E-state index contributed by atoms with van der Waals surface area (Å²) in [6.07, 6.45) is 0. The third-order valence-electron chi connectivity index (χ3n) is 3.26. The minimum absolute atomic E-state index is 0.0115. The second kappa shape index (κ2) is 7.00. The molecule has 0 fully saturated rings. The number of carbonyl (C=O) groups excluding carboxylic acids is 1. The minimum Gasteiger partial charge on any atom is -0.350 e. The molecule has 0 aliphatic heterocycles. The van der Waals surface area contributed by atoms with Gasteiger partial charge in [-0.05, 0) is 68.8 Å². The van der Waals surface area contributed by atoms with Crippen molar-refractivity contribution in [3.8, 4) is 0 Å². The molecule has 0 radical (unpaired) electrons. The third-order valence-corrected chi connectivity index (χ3v) is 4.64. The minimum atomic E-state index is -3.82. The van der Waals surface area contributed by atoms with E-state index < -0.39 is 15.8 Å². The SMILES string of the molecule is Cc1cc(S(=O)(=O)Nc2ccc(C(=O)NC(C)C)cc2)ccc1F. The molecule has 0 aliphatic rings. The fraction of sp³-hybridized carbons (Fsp3) is 0.235. The molecule has 1 amide bonds. The predicted octanol–water partition coefficient (Wildman–Crippen LogP) is 3.07. The largest absolute Gasteiger partial charge is 0.350 e. The molecule has 0 aromatic heterocycles. The van der Waals surface area contributed by atoms with Crippen molar-refractivity contribution in [3.05, 3.63) is 59.4 Å². The van der Waals surface area contributed by atoms with E-state index in [-0.39, 0.29) is 22.4 Å². The summed E-state index contributed by atoms with van der Waals surface area (Å²) in [4.78, 5) is 11.8. The standard InChI is InChI=1S/C17H19FN2O3S/c1-11(2)19-17(21)13-4-6-14(7-5-13)20-24(22,23)15-8-9-16(18)12(3)10-15/h4-11,20H,1-3H3,(H,19,21). The fourth-order valence-corrected chi connectivity index (χ4v) is 3.18. The van der Waals surface area contributed by atoms with Crippen LogP contribution in [0.2, 0.25) is 0 Å². The van der Waals surface area contributed by atoms with Crippen LogP contribution in [0.3, 0.4) is 0 Å². The van der Waals surface area contributed by atoms with Crippen molar-refractivity contribution in [1.82, 2.24) is 5.32 Å². The molecule has 24 heavy (non-hydrogen) atoms. The Kier molecular flexibility index (Phi) is 5.23. The van der Waals surface area contributed by atoms with Gasteiger partial charge >= 0.3 is 0 Å². The number of carbonyl (C=O) groups is 1. The highest BCUT2D eigenvalue weighted by molar-refractivity contribution is 7.92. The molecule has 0 saturated carbocycles. The van der Waals surface area contributed by atoms with Crippen LogP contribution in [0.25, 0.3) is 0 Å². The number of nitrogens with one attached hydrogen (secondary N) is 2. The maximum Gasteiger partial charge on any atom is 0.261 e.